The van der Waals surface area contributed by atoms with Gasteiger partial charge in [0.15, 0.2) is 0 Å². The van der Waals surface area contributed by atoms with Crippen molar-refractivity contribution in [1.82, 2.24) is 14.5 Å². The van der Waals surface area contributed by atoms with Crippen LogP contribution in [0.4, 0.5) is 0 Å². The zero-order chi connectivity index (χ0) is 16.8. The fourth-order valence-electron chi connectivity index (χ4n) is 2.73. The molecule has 0 radical (unpaired) electrons. The summed E-state index contributed by atoms with van der Waals surface area (Å²) in [4.78, 5) is 18.9. The maximum atomic E-state index is 12.7. The molecule has 0 saturated carbocycles. The van der Waals surface area contributed by atoms with Crippen molar-refractivity contribution < 1.29 is 4.79 Å². The Bertz CT molecular complexity index is 713. The van der Waals surface area contributed by atoms with Gasteiger partial charge in [0, 0.05) is 25.5 Å². The highest BCUT2D eigenvalue weighted by molar-refractivity contribution is 5.83. The zero-order valence-electron chi connectivity index (χ0n) is 13.7. The van der Waals surface area contributed by atoms with Crippen LogP contribution in [0.2, 0.25) is 0 Å². The highest BCUT2D eigenvalue weighted by Crippen LogP contribution is 2.14. The second kappa shape index (κ2) is 7.70. The first kappa shape index (κ1) is 16.1. The first-order valence-corrected chi connectivity index (χ1v) is 8.08. The largest absolute Gasteiger partial charge is 0.284 e. The van der Waals surface area contributed by atoms with E-state index >= 15 is 0 Å². The molecule has 2 aromatic carbocycles. The van der Waals surface area contributed by atoms with Crippen LogP contribution in [0, 0.1) is 0 Å². The van der Waals surface area contributed by atoms with E-state index in [4.69, 9.17) is 0 Å². The molecule has 4 heteroatoms. The van der Waals surface area contributed by atoms with Crippen molar-refractivity contribution in [2.45, 2.75) is 26.1 Å². The van der Waals surface area contributed by atoms with Gasteiger partial charge in [0.05, 0.1) is 6.04 Å². The summed E-state index contributed by atoms with van der Waals surface area (Å²) in [6.45, 7) is 3.39. The highest BCUT2D eigenvalue weighted by atomic mass is 16.2. The van der Waals surface area contributed by atoms with Crippen molar-refractivity contribution in [2.75, 3.05) is 0 Å². The molecule has 0 spiro atoms. The lowest BCUT2D eigenvalue weighted by atomic mass is 10.1. The van der Waals surface area contributed by atoms with E-state index in [0.29, 0.717) is 0 Å². The van der Waals surface area contributed by atoms with E-state index in [1.807, 2.05) is 43.3 Å². The summed E-state index contributed by atoms with van der Waals surface area (Å²) >= 11 is 0. The molecule has 24 heavy (non-hydrogen) atoms. The van der Waals surface area contributed by atoms with Gasteiger partial charge in [-0.25, -0.2) is 4.98 Å². The Kier molecular flexibility index (Phi) is 5.18. The van der Waals surface area contributed by atoms with Crippen molar-refractivity contribution in [3.8, 4) is 0 Å². The minimum absolute atomic E-state index is 0.0272. The quantitative estimate of drug-likeness (QED) is 0.696. The Hall–Kier alpha value is -2.72. The molecule has 4 nitrogen and oxygen atoms in total. The van der Waals surface area contributed by atoms with Crippen molar-refractivity contribution >= 4 is 5.91 Å². The van der Waals surface area contributed by atoms with E-state index in [2.05, 4.69) is 34.1 Å². The number of carbonyl (C=O) groups excluding carboxylic acids is 1. The van der Waals surface area contributed by atoms with Gasteiger partial charge in [-0.2, -0.15) is 0 Å². The van der Waals surface area contributed by atoms with Gasteiger partial charge in [0.25, 0.3) is 0 Å². The number of imidazole rings is 1. The smallest absolute Gasteiger partial charge is 0.248 e. The minimum atomic E-state index is -0.250. The first-order valence-electron chi connectivity index (χ1n) is 8.08. The Morgan fingerprint density at radius 3 is 2.00 bits per heavy atom. The average molecular weight is 319 g/mol. The molecule has 1 heterocycles. The van der Waals surface area contributed by atoms with Crippen molar-refractivity contribution in [1.29, 1.82) is 0 Å². The molecular formula is C20H21N3O. The van der Waals surface area contributed by atoms with E-state index in [1.165, 1.54) is 11.1 Å². The van der Waals surface area contributed by atoms with Gasteiger partial charge in [-0.3, -0.25) is 14.3 Å². The second-order valence-electron chi connectivity index (χ2n) is 5.86. The Balaban J connectivity index is 1.82. The van der Waals surface area contributed by atoms with Crippen molar-refractivity contribution in [3.05, 3.63) is 90.5 Å². The van der Waals surface area contributed by atoms with Crippen molar-refractivity contribution in [2.24, 2.45) is 0 Å². The van der Waals surface area contributed by atoms with Gasteiger partial charge in [-0.1, -0.05) is 60.7 Å². The maximum absolute atomic E-state index is 12.7. The van der Waals surface area contributed by atoms with Crippen LogP contribution in [0.5, 0.6) is 0 Å². The van der Waals surface area contributed by atoms with E-state index < -0.39 is 0 Å². The summed E-state index contributed by atoms with van der Waals surface area (Å²) in [5.74, 6) is 0.0272. The molecule has 122 valence electrons. The van der Waals surface area contributed by atoms with Crippen LogP contribution in [0.15, 0.2) is 79.4 Å². The minimum Gasteiger partial charge on any atom is -0.284 e. The molecule has 0 amide bonds. The lowest BCUT2D eigenvalue weighted by Gasteiger charge is -2.28. The third-order valence-corrected chi connectivity index (χ3v) is 4.12. The molecule has 0 fully saturated rings. The standard InChI is InChI=1S/C20H21N3O/c1-17(20(24)22-13-12-21-16-22)23(14-18-8-4-2-5-9-18)15-19-10-6-3-7-11-19/h2-13,16-17H,14-15H2,1H3/t17-/m1/s1. The summed E-state index contributed by atoms with van der Waals surface area (Å²) in [7, 11) is 0. The molecule has 0 aliphatic rings. The Morgan fingerprint density at radius 2 is 1.54 bits per heavy atom. The average Bonchev–Trinajstić information content (AvgIpc) is 3.16. The van der Waals surface area contributed by atoms with Gasteiger partial charge in [0.2, 0.25) is 5.91 Å². The van der Waals surface area contributed by atoms with E-state index in [-0.39, 0.29) is 11.9 Å². The van der Waals surface area contributed by atoms with Crippen LogP contribution in [0.1, 0.15) is 22.8 Å². The van der Waals surface area contributed by atoms with Crippen LogP contribution in [-0.4, -0.2) is 26.4 Å². The molecule has 3 aromatic rings. The molecule has 3 rings (SSSR count). The highest BCUT2D eigenvalue weighted by Gasteiger charge is 2.22. The lowest BCUT2D eigenvalue weighted by Crippen LogP contribution is -2.40. The summed E-state index contributed by atoms with van der Waals surface area (Å²) in [6.07, 6.45) is 4.88. The Labute approximate surface area is 142 Å². The first-order chi connectivity index (χ1) is 11.7. The van der Waals surface area contributed by atoms with Gasteiger partial charge in [-0.15, -0.1) is 0 Å². The topological polar surface area (TPSA) is 38.1 Å². The van der Waals surface area contributed by atoms with Crippen LogP contribution >= 0.6 is 0 Å². The third-order valence-electron chi connectivity index (χ3n) is 4.12. The molecule has 0 saturated heterocycles. The monoisotopic (exact) mass is 319 g/mol. The maximum Gasteiger partial charge on any atom is 0.248 e. The number of hydrogen-bond acceptors (Lipinski definition) is 3. The summed E-state index contributed by atoms with van der Waals surface area (Å²) in [6, 6.07) is 20.2. The van der Waals surface area contributed by atoms with Gasteiger partial charge in [0.1, 0.15) is 6.33 Å². The van der Waals surface area contributed by atoms with Crippen LogP contribution in [0.25, 0.3) is 0 Å². The molecule has 1 aromatic heterocycles. The van der Waals surface area contributed by atoms with Crippen molar-refractivity contribution in [3.63, 3.8) is 0 Å². The Morgan fingerprint density at radius 1 is 1.00 bits per heavy atom. The number of rotatable bonds is 6. The second-order valence-corrected chi connectivity index (χ2v) is 5.86. The number of carbonyl (C=O) groups is 1. The van der Waals surface area contributed by atoms with Crippen LogP contribution < -0.4 is 0 Å². The number of aromatic nitrogens is 2. The van der Waals surface area contributed by atoms with Gasteiger partial charge in [-0.05, 0) is 18.1 Å². The lowest BCUT2D eigenvalue weighted by molar-refractivity contribution is 0.0728. The van der Waals surface area contributed by atoms with Gasteiger partial charge >= 0.3 is 0 Å². The molecule has 0 N–H and O–H groups in total. The van der Waals surface area contributed by atoms with Crippen LogP contribution in [-0.2, 0) is 13.1 Å². The number of benzene rings is 2. The third kappa shape index (κ3) is 3.97. The fourth-order valence-corrected chi connectivity index (χ4v) is 2.73. The number of hydrogen-bond donors (Lipinski definition) is 0. The predicted octanol–water partition coefficient (Wildman–Crippen LogP) is 3.61. The van der Waals surface area contributed by atoms with E-state index in [1.54, 1.807) is 23.3 Å². The molecular weight excluding hydrogens is 298 g/mol. The fraction of sp³-hybridized carbons (Fsp3) is 0.200. The number of nitrogens with zero attached hydrogens (tertiary/aromatic N) is 3. The zero-order valence-corrected chi connectivity index (χ0v) is 13.7. The molecule has 1 atom stereocenters. The summed E-state index contributed by atoms with van der Waals surface area (Å²) < 4.78 is 1.55. The van der Waals surface area contributed by atoms with Crippen LogP contribution in [0.3, 0.4) is 0 Å². The van der Waals surface area contributed by atoms with E-state index in [0.717, 1.165) is 13.1 Å². The summed E-state index contributed by atoms with van der Waals surface area (Å²) in [5, 5.41) is 0. The predicted molar refractivity (Wildman–Crippen MR) is 94.4 cm³/mol. The van der Waals surface area contributed by atoms with Gasteiger partial charge < -0.3 is 0 Å². The van der Waals surface area contributed by atoms with E-state index in [9.17, 15) is 4.79 Å². The summed E-state index contributed by atoms with van der Waals surface area (Å²) in [5.41, 5.74) is 2.39. The molecule has 0 aliphatic carbocycles. The molecule has 0 aliphatic heterocycles. The molecule has 0 unspecified atom stereocenters. The normalized spacial score (nSPS) is 12.2. The SMILES string of the molecule is C[C@H](C(=O)n1ccnc1)N(Cc1ccccc1)Cc1ccccc1. The molecule has 0 bridgehead atoms.